The van der Waals surface area contributed by atoms with Crippen LogP contribution in [-0.2, 0) is 16.4 Å². The molecule has 0 bridgehead atoms. The first-order valence-corrected chi connectivity index (χ1v) is 11.0. The zero-order valence-electron chi connectivity index (χ0n) is 15.0. The quantitative estimate of drug-likeness (QED) is 0.693. The Labute approximate surface area is 166 Å². The second-order valence-electron chi connectivity index (χ2n) is 6.54. The maximum atomic E-state index is 13.3. The van der Waals surface area contributed by atoms with Gasteiger partial charge < -0.3 is 4.90 Å². The minimum atomic E-state index is -3.88. The van der Waals surface area contributed by atoms with Gasteiger partial charge in [0.15, 0.2) is 0 Å². The van der Waals surface area contributed by atoms with Gasteiger partial charge in [-0.05, 0) is 66.2 Å². The number of halogens is 1. The van der Waals surface area contributed by atoms with E-state index in [2.05, 4.69) is 4.72 Å². The van der Waals surface area contributed by atoms with Crippen LogP contribution < -0.4 is 9.62 Å². The van der Waals surface area contributed by atoms with Crippen molar-refractivity contribution in [1.82, 2.24) is 0 Å². The normalized spacial score (nSPS) is 13.4. The summed E-state index contributed by atoms with van der Waals surface area (Å²) >= 11 is 1.37. The van der Waals surface area contributed by atoms with E-state index in [9.17, 15) is 17.6 Å². The van der Waals surface area contributed by atoms with E-state index in [1.807, 2.05) is 17.5 Å². The monoisotopic (exact) mass is 416 g/mol. The van der Waals surface area contributed by atoms with Crippen LogP contribution in [0.1, 0.15) is 20.8 Å². The van der Waals surface area contributed by atoms with Gasteiger partial charge in [-0.15, -0.1) is 11.3 Å². The molecule has 0 saturated carbocycles. The number of rotatable bonds is 4. The number of fused-ring (bicyclic) bond motifs is 1. The first-order valence-electron chi connectivity index (χ1n) is 8.62. The average molecular weight is 416 g/mol. The Bertz CT molecular complexity index is 1160. The second kappa shape index (κ2) is 7.03. The molecule has 2 heterocycles. The van der Waals surface area contributed by atoms with Crippen LogP contribution in [0.4, 0.5) is 15.8 Å². The third-order valence-electron chi connectivity index (χ3n) is 4.64. The van der Waals surface area contributed by atoms with Gasteiger partial charge >= 0.3 is 0 Å². The SMILES string of the molecule is Cc1cc(F)ccc1S(=O)(=O)Nc1ccc2c(c1)N(C(=O)c1cccs1)CC2. The number of hydrogen-bond donors (Lipinski definition) is 1. The van der Waals surface area contributed by atoms with E-state index in [0.29, 0.717) is 28.4 Å². The van der Waals surface area contributed by atoms with Crippen molar-refractivity contribution in [1.29, 1.82) is 0 Å². The molecule has 1 aliphatic rings. The van der Waals surface area contributed by atoms with Gasteiger partial charge in [0.1, 0.15) is 5.82 Å². The molecule has 1 N–H and O–H groups in total. The maximum absolute atomic E-state index is 13.3. The molecule has 8 heteroatoms. The fourth-order valence-corrected chi connectivity index (χ4v) is 5.26. The predicted octanol–water partition coefficient (Wildman–Crippen LogP) is 4.20. The van der Waals surface area contributed by atoms with Gasteiger partial charge in [-0.1, -0.05) is 12.1 Å². The topological polar surface area (TPSA) is 66.5 Å². The minimum Gasteiger partial charge on any atom is -0.307 e. The number of benzene rings is 2. The number of nitrogens with one attached hydrogen (secondary N) is 1. The number of thiophene rings is 1. The molecule has 3 aromatic rings. The Balaban J connectivity index is 1.64. The van der Waals surface area contributed by atoms with Gasteiger partial charge in [0.2, 0.25) is 0 Å². The van der Waals surface area contributed by atoms with Crippen LogP contribution in [0.25, 0.3) is 0 Å². The number of sulfonamides is 1. The number of nitrogens with zero attached hydrogens (tertiary/aromatic N) is 1. The summed E-state index contributed by atoms with van der Waals surface area (Å²) in [6.07, 6.45) is 0.719. The molecule has 144 valence electrons. The molecule has 1 aliphatic heterocycles. The van der Waals surface area contributed by atoms with Gasteiger partial charge in [-0.3, -0.25) is 9.52 Å². The Kier molecular flexibility index (Phi) is 4.68. The maximum Gasteiger partial charge on any atom is 0.268 e. The molecule has 0 unspecified atom stereocenters. The summed E-state index contributed by atoms with van der Waals surface area (Å²) in [6, 6.07) is 12.3. The van der Waals surface area contributed by atoms with Crippen molar-refractivity contribution in [3.8, 4) is 0 Å². The first kappa shape index (κ1) is 18.6. The largest absolute Gasteiger partial charge is 0.307 e. The molecular weight excluding hydrogens is 399 g/mol. The van der Waals surface area contributed by atoms with Crippen LogP contribution in [0.2, 0.25) is 0 Å². The molecule has 0 fully saturated rings. The van der Waals surface area contributed by atoms with E-state index < -0.39 is 15.8 Å². The van der Waals surface area contributed by atoms with Gasteiger partial charge in [0.25, 0.3) is 15.9 Å². The van der Waals surface area contributed by atoms with Gasteiger partial charge in [0.05, 0.1) is 15.5 Å². The molecule has 0 atom stereocenters. The molecule has 1 aromatic heterocycles. The van der Waals surface area contributed by atoms with Crippen LogP contribution in [-0.4, -0.2) is 20.9 Å². The van der Waals surface area contributed by atoms with E-state index in [1.54, 1.807) is 30.0 Å². The number of carbonyl (C=O) groups is 1. The van der Waals surface area contributed by atoms with Crippen LogP contribution >= 0.6 is 11.3 Å². The molecule has 2 aromatic carbocycles. The number of carbonyl (C=O) groups excluding carboxylic acids is 1. The van der Waals surface area contributed by atoms with Gasteiger partial charge in [-0.2, -0.15) is 0 Å². The molecule has 0 saturated heterocycles. The van der Waals surface area contributed by atoms with Crippen molar-refractivity contribution >= 4 is 38.6 Å². The van der Waals surface area contributed by atoms with E-state index in [4.69, 9.17) is 0 Å². The number of aryl methyl sites for hydroxylation is 1. The van der Waals surface area contributed by atoms with Gasteiger partial charge in [-0.25, -0.2) is 12.8 Å². The number of anilines is 2. The summed E-state index contributed by atoms with van der Waals surface area (Å²) in [6.45, 7) is 2.10. The summed E-state index contributed by atoms with van der Waals surface area (Å²) in [5.41, 5.74) is 2.37. The van der Waals surface area contributed by atoms with Crippen LogP contribution in [0.3, 0.4) is 0 Å². The highest BCUT2D eigenvalue weighted by Gasteiger charge is 2.27. The van der Waals surface area contributed by atoms with Crippen molar-refractivity contribution in [2.75, 3.05) is 16.2 Å². The highest BCUT2D eigenvalue weighted by Crippen LogP contribution is 2.33. The van der Waals surface area contributed by atoms with Crippen molar-refractivity contribution < 1.29 is 17.6 Å². The molecule has 0 radical (unpaired) electrons. The number of amides is 1. The molecule has 4 rings (SSSR count). The van der Waals surface area contributed by atoms with Crippen molar-refractivity contribution in [2.24, 2.45) is 0 Å². The Morgan fingerprint density at radius 1 is 1.18 bits per heavy atom. The molecular formula is C20H17FN2O3S2. The average Bonchev–Trinajstić information content (AvgIpc) is 3.30. The zero-order valence-corrected chi connectivity index (χ0v) is 16.6. The fourth-order valence-electron chi connectivity index (χ4n) is 3.31. The lowest BCUT2D eigenvalue weighted by atomic mass is 10.1. The predicted molar refractivity (Wildman–Crippen MR) is 108 cm³/mol. The summed E-state index contributed by atoms with van der Waals surface area (Å²) < 4.78 is 41.3. The second-order valence-corrected chi connectivity index (χ2v) is 9.14. The smallest absolute Gasteiger partial charge is 0.268 e. The first-order chi connectivity index (χ1) is 13.3. The molecule has 0 spiro atoms. The molecule has 0 aliphatic carbocycles. The highest BCUT2D eigenvalue weighted by atomic mass is 32.2. The van der Waals surface area contributed by atoms with Crippen molar-refractivity contribution in [3.05, 3.63) is 75.7 Å². The van der Waals surface area contributed by atoms with Crippen molar-refractivity contribution in [3.63, 3.8) is 0 Å². The molecule has 28 heavy (non-hydrogen) atoms. The Hall–Kier alpha value is -2.71. The standard InChI is InChI=1S/C20H17FN2O3S2/c1-13-11-15(21)5-7-19(13)28(25,26)22-16-6-4-14-8-9-23(17(14)12-16)20(24)18-3-2-10-27-18/h2-7,10-12,22H,8-9H2,1H3. The minimum absolute atomic E-state index is 0.0147. The molecule has 5 nitrogen and oxygen atoms in total. The van der Waals surface area contributed by atoms with E-state index >= 15 is 0 Å². The lowest BCUT2D eigenvalue weighted by molar-refractivity contribution is 0.0993. The van der Waals surface area contributed by atoms with Gasteiger partial charge in [0, 0.05) is 12.2 Å². The van der Waals surface area contributed by atoms with E-state index in [0.717, 1.165) is 18.1 Å². The third-order valence-corrected chi connectivity index (χ3v) is 7.04. The van der Waals surface area contributed by atoms with E-state index in [-0.39, 0.29) is 10.8 Å². The highest BCUT2D eigenvalue weighted by molar-refractivity contribution is 7.92. The summed E-state index contributed by atoms with van der Waals surface area (Å²) in [4.78, 5) is 15.1. The van der Waals surface area contributed by atoms with Crippen molar-refractivity contribution in [2.45, 2.75) is 18.2 Å². The fraction of sp³-hybridized carbons (Fsp3) is 0.150. The van der Waals surface area contributed by atoms with Crippen LogP contribution in [0.5, 0.6) is 0 Å². The van der Waals surface area contributed by atoms with Crippen LogP contribution in [0, 0.1) is 12.7 Å². The van der Waals surface area contributed by atoms with Crippen LogP contribution in [0.15, 0.2) is 58.8 Å². The molecule has 1 amide bonds. The lowest BCUT2D eigenvalue weighted by Crippen LogP contribution is -2.28. The Morgan fingerprint density at radius 2 is 2.00 bits per heavy atom. The summed E-state index contributed by atoms with van der Waals surface area (Å²) in [7, 11) is -3.88. The summed E-state index contributed by atoms with van der Waals surface area (Å²) in [5, 5.41) is 1.85. The zero-order chi connectivity index (χ0) is 19.9. The van der Waals surface area contributed by atoms with E-state index in [1.165, 1.54) is 23.5 Å². The Morgan fingerprint density at radius 3 is 2.71 bits per heavy atom. The number of hydrogen-bond acceptors (Lipinski definition) is 4. The lowest BCUT2D eigenvalue weighted by Gasteiger charge is -2.18. The third kappa shape index (κ3) is 3.41. The summed E-state index contributed by atoms with van der Waals surface area (Å²) in [5.74, 6) is -0.583.